The molecule has 1 aromatic rings. The summed E-state index contributed by atoms with van der Waals surface area (Å²) >= 11 is 3.73. The SMILES string of the molecule is CCNCc1ccc(CN2CCCCCC2)c(Br)c1. The number of halogens is 1. The maximum Gasteiger partial charge on any atom is 0.0244 e. The molecule has 0 atom stereocenters. The number of hydrogen-bond donors (Lipinski definition) is 1. The molecule has 1 heterocycles. The molecule has 0 amide bonds. The molecule has 1 aliphatic rings. The zero-order chi connectivity index (χ0) is 13.5. The molecular weight excluding hydrogens is 300 g/mol. The largest absolute Gasteiger partial charge is 0.313 e. The maximum absolute atomic E-state index is 3.73. The van der Waals surface area contributed by atoms with E-state index in [9.17, 15) is 0 Å². The van der Waals surface area contributed by atoms with Crippen LogP contribution in [-0.4, -0.2) is 24.5 Å². The molecule has 0 bridgehead atoms. The average Bonchev–Trinajstić information content (AvgIpc) is 2.68. The lowest BCUT2D eigenvalue weighted by molar-refractivity contribution is 0.276. The van der Waals surface area contributed by atoms with Crippen molar-refractivity contribution in [2.45, 2.75) is 45.7 Å². The predicted molar refractivity (Wildman–Crippen MR) is 85.3 cm³/mol. The highest BCUT2D eigenvalue weighted by molar-refractivity contribution is 9.10. The molecule has 2 nitrogen and oxygen atoms in total. The van der Waals surface area contributed by atoms with Crippen LogP contribution in [0.2, 0.25) is 0 Å². The molecule has 1 aromatic carbocycles. The van der Waals surface area contributed by atoms with E-state index in [0.717, 1.165) is 19.6 Å². The van der Waals surface area contributed by atoms with Crippen LogP contribution in [0.5, 0.6) is 0 Å². The van der Waals surface area contributed by atoms with Crippen molar-refractivity contribution in [3.05, 3.63) is 33.8 Å². The van der Waals surface area contributed by atoms with Crippen LogP contribution in [0.15, 0.2) is 22.7 Å². The Labute approximate surface area is 125 Å². The summed E-state index contributed by atoms with van der Waals surface area (Å²) in [6, 6.07) is 6.79. The highest BCUT2D eigenvalue weighted by atomic mass is 79.9. The van der Waals surface area contributed by atoms with Crippen molar-refractivity contribution in [2.75, 3.05) is 19.6 Å². The molecule has 0 saturated carbocycles. The van der Waals surface area contributed by atoms with Crippen molar-refractivity contribution < 1.29 is 0 Å². The number of rotatable bonds is 5. The fourth-order valence-corrected chi connectivity index (χ4v) is 3.19. The zero-order valence-electron chi connectivity index (χ0n) is 11.9. The van der Waals surface area contributed by atoms with Gasteiger partial charge in [-0.15, -0.1) is 0 Å². The molecule has 0 unspecified atom stereocenters. The monoisotopic (exact) mass is 324 g/mol. The van der Waals surface area contributed by atoms with Gasteiger partial charge in [-0.05, 0) is 49.7 Å². The third-order valence-electron chi connectivity index (χ3n) is 3.79. The first-order valence-corrected chi connectivity index (χ1v) is 8.29. The van der Waals surface area contributed by atoms with Crippen LogP contribution in [0.4, 0.5) is 0 Å². The summed E-state index contributed by atoms with van der Waals surface area (Å²) in [4.78, 5) is 2.59. The molecule has 3 heteroatoms. The Bertz CT molecular complexity index is 384. The second-order valence-corrected chi connectivity index (χ2v) is 6.25. The smallest absolute Gasteiger partial charge is 0.0244 e. The number of nitrogens with zero attached hydrogens (tertiary/aromatic N) is 1. The van der Waals surface area contributed by atoms with E-state index < -0.39 is 0 Å². The Hall–Kier alpha value is -0.380. The molecule has 19 heavy (non-hydrogen) atoms. The highest BCUT2D eigenvalue weighted by Crippen LogP contribution is 2.22. The van der Waals surface area contributed by atoms with Crippen LogP contribution in [0.25, 0.3) is 0 Å². The van der Waals surface area contributed by atoms with Crippen molar-refractivity contribution in [3.8, 4) is 0 Å². The van der Waals surface area contributed by atoms with E-state index in [4.69, 9.17) is 0 Å². The first kappa shape index (κ1) is 15.0. The third-order valence-corrected chi connectivity index (χ3v) is 4.53. The minimum absolute atomic E-state index is 0.957. The fraction of sp³-hybridized carbons (Fsp3) is 0.625. The average molecular weight is 325 g/mol. The van der Waals surface area contributed by atoms with Gasteiger partial charge in [0, 0.05) is 17.6 Å². The summed E-state index contributed by atoms with van der Waals surface area (Å²) in [6.45, 7) is 7.72. The summed E-state index contributed by atoms with van der Waals surface area (Å²) in [7, 11) is 0. The van der Waals surface area contributed by atoms with Crippen LogP contribution in [0.1, 0.15) is 43.7 Å². The van der Waals surface area contributed by atoms with Gasteiger partial charge in [-0.25, -0.2) is 0 Å². The van der Waals surface area contributed by atoms with E-state index in [-0.39, 0.29) is 0 Å². The van der Waals surface area contributed by atoms with E-state index in [1.807, 2.05) is 0 Å². The second-order valence-electron chi connectivity index (χ2n) is 5.40. The van der Waals surface area contributed by atoms with Gasteiger partial charge < -0.3 is 5.32 Å². The Kier molecular flexibility index (Phi) is 6.35. The highest BCUT2D eigenvalue weighted by Gasteiger charge is 2.11. The summed E-state index contributed by atoms with van der Waals surface area (Å²) in [5.74, 6) is 0. The minimum atomic E-state index is 0.957. The zero-order valence-corrected chi connectivity index (χ0v) is 13.5. The van der Waals surface area contributed by atoms with Crippen molar-refractivity contribution in [1.82, 2.24) is 10.2 Å². The maximum atomic E-state index is 3.73. The van der Waals surface area contributed by atoms with Crippen molar-refractivity contribution >= 4 is 15.9 Å². The van der Waals surface area contributed by atoms with Gasteiger partial charge in [0.05, 0.1) is 0 Å². The number of likely N-dealkylation sites (tertiary alicyclic amines) is 1. The topological polar surface area (TPSA) is 15.3 Å². The first-order valence-electron chi connectivity index (χ1n) is 7.50. The lowest BCUT2D eigenvalue weighted by Gasteiger charge is -2.20. The third kappa shape index (κ3) is 4.90. The summed E-state index contributed by atoms with van der Waals surface area (Å²) in [5, 5.41) is 3.37. The molecule has 0 aliphatic carbocycles. The molecule has 0 spiro atoms. The molecule has 1 aliphatic heterocycles. The van der Waals surface area contributed by atoms with Crippen molar-refractivity contribution in [1.29, 1.82) is 0 Å². The minimum Gasteiger partial charge on any atom is -0.313 e. The van der Waals surface area contributed by atoms with Gasteiger partial charge in [-0.1, -0.05) is 47.8 Å². The predicted octanol–water partition coefficient (Wildman–Crippen LogP) is 3.93. The Morgan fingerprint density at radius 3 is 2.53 bits per heavy atom. The Balaban J connectivity index is 1.95. The van der Waals surface area contributed by atoms with Gasteiger partial charge >= 0.3 is 0 Å². The van der Waals surface area contributed by atoms with Crippen LogP contribution >= 0.6 is 15.9 Å². The van der Waals surface area contributed by atoms with Crippen LogP contribution in [-0.2, 0) is 13.1 Å². The summed E-state index contributed by atoms with van der Waals surface area (Å²) in [5.41, 5.74) is 2.77. The van der Waals surface area contributed by atoms with Gasteiger partial charge in [-0.3, -0.25) is 4.90 Å². The number of benzene rings is 1. The molecule has 2 rings (SSSR count). The molecule has 106 valence electrons. The van der Waals surface area contributed by atoms with Crippen molar-refractivity contribution in [2.24, 2.45) is 0 Å². The van der Waals surface area contributed by atoms with E-state index >= 15 is 0 Å². The van der Waals surface area contributed by atoms with E-state index in [1.165, 1.54) is 54.4 Å². The van der Waals surface area contributed by atoms with Gasteiger partial charge in [0.2, 0.25) is 0 Å². The molecular formula is C16H25BrN2. The molecule has 0 aromatic heterocycles. The number of hydrogen-bond acceptors (Lipinski definition) is 2. The van der Waals surface area contributed by atoms with Crippen LogP contribution in [0, 0.1) is 0 Å². The van der Waals surface area contributed by atoms with E-state index in [1.54, 1.807) is 0 Å². The van der Waals surface area contributed by atoms with Gasteiger partial charge in [0.25, 0.3) is 0 Å². The number of nitrogens with one attached hydrogen (secondary N) is 1. The van der Waals surface area contributed by atoms with E-state index in [0.29, 0.717) is 0 Å². The molecule has 1 N–H and O–H groups in total. The summed E-state index contributed by atoms with van der Waals surface area (Å²) in [6.07, 6.45) is 5.52. The Morgan fingerprint density at radius 2 is 1.89 bits per heavy atom. The molecule has 1 saturated heterocycles. The van der Waals surface area contributed by atoms with Gasteiger partial charge in [0.1, 0.15) is 0 Å². The van der Waals surface area contributed by atoms with Gasteiger partial charge in [-0.2, -0.15) is 0 Å². The first-order chi connectivity index (χ1) is 9.29. The molecule has 1 fully saturated rings. The summed E-state index contributed by atoms with van der Waals surface area (Å²) < 4.78 is 1.26. The normalized spacial score (nSPS) is 17.4. The van der Waals surface area contributed by atoms with E-state index in [2.05, 4.69) is 51.3 Å². The van der Waals surface area contributed by atoms with Crippen LogP contribution < -0.4 is 5.32 Å². The Morgan fingerprint density at radius 1 is 1.16 bits per heavy atom. The van der Waals surface area contributed by atoms with Gasteiger partial charge in [0.15, 0.2) is 0 Å². The lowest BCUT2D eigenvalue weighted by Crippen LogP contribution is -2.24. The fourth-order valence-electron chi connectivity index (χ4n) is 2.63. The molecule has 0 radical (unpaired) electrons. The van der Waals surface area contributed by atoms with Crippen LogP contribution in [0.3, 0.4) is 0 Å². The quantitative estimate of drug-likeness (QED) is 0.882. The lowest BCUT2D eigenvalue weighted by atomic mass is 10.1. The second kappa shape index (κ2) is 8.03. The standard InChI is InChI=1S/C16H25BrN2/c1-2-18-12-14-7-8-15(16(17)11-14)13-19-9-5-3-4-6-10-19/h7-8,11,18H,2-6,9-10,12-13H2,1H3. The van der Waals surface area contributed by atoms with Crippen molar-refractivity contribution in [3.63, 3.8) is 0 Å².